The Morgan fingerprint density at radius 1 is 1.45 bits per heavy atom. The summed E-state index contributed by atoms with van der Waals surface area (Å²) in [6.07, 6.45) is 3.54. The molecule has 1 aromatic heterocycles. The van der Waals surface area contributed by atoms with Gasteiger partial charge in [-0.25, -0.2) is 13.1 Å². The van der Waals surface area contributed by atoms with E-state index in [1.807, 2.05) is 13.1 Å². The molecule has 2 aromatic rings. The molecule has 3 N–H and O–H groups in total. The lowest BCUT2D eigenvalue weighted by Gasteiger charge is -2.10. The van der Waals surface area contributed by atoms with Crippen molar-refractivity contribution in [2.24, 2.45) is 0 Å². The highest BCUT2D eigenvalue weighted by molar-refractivity contribution is 7.89. The lowest BCUT2D eigenvalue weighted by Crippen LogP contribution is -2.28. The van der Waals surface area contributed by atoms with E-state index in [4.69, 9.17) is 17.3 Å². The Morgan fingerprint density at radius 3 is 2.80 bits per heavy atom. The van der Waals surface area contributed by atoms with Crippen LogP contribution in [0.2, 0.25) is 5.02 Å². The number of anilines is 1. The van der Waals surface area contributed by atoms with Crippen LogP contribution in [-0.2, 0) is 16.6 Å². The van der Waals surface area contributed by atoms with Gasteiger partial charge in [0, 0.05) is 12.7 Å². The van der Waals surface area contributed by atoms with Crippen LogP contribution in [0.15, 0.2) is 35.5 Å². The van der Waals surface area contributed by atoms with Crippen LogP contribution in [0.25, 0.3) is 0 Å². The maximum Gasteiger partial charge on any atom is 0.244 e. The first-order valence-corrected chi connectivity index (χ1v) is 7.79. The number of halogens is 1. The molecule has 0 amide bonds. The van der Waals surface area contributed by atoms with Gasteiger partial charge in [-0.3, -0.25) is 4.68 Å². The van der Waals surface area contributed by atoms with Crippen LogP contribution in [0.1, 0.15) is 5.56 Å². The topological polar surface area (TPSA) is 90.0 Å². The van der Waals surface area contributed by atoms with E-state index < -0.39 is 10.0 Å². The highest BCUT2D eigenvalue weighted by Gasteiger charge is 2.20. The molecule has 6 nitrogen and oxygen atoms in total. The zero-order chi connectivity index (χ0) is 14.8. The molecule has 2 rings (SSSR count). The van der Waals surface area contributed by atoms with Gasteiger partial charge in [-0.1, -0.05) is 17.7 Å². The summed E-state index contributed by atoms with van der Waals surface area (Å²) in [6, 6.07) is 4.59. The first kappa shape index (κ1) is 14.8. The number of nitrogens with one attached hydrogen (secondary N) is 1. The number of rotatable bonds is 5. The van der Waals surface area contributed by atoms with Gasteiger partial charge in [-0.15, -0.1) is 0 Å². The maximum atomic E-state index is 12.2. The van der Waals surface area contributed by atoms with Gasteiger partial charge in [0.15, 0.2) is 0 Å². The summed E-state index contributed by atoms with van der Waals surface area (Å²) in [5, 5.41) is 4.18. The molecule has 0 radical (unpaired) electrons. The summed E-state index contributed by atoms with van der Waals surface area (Å²) in [6.45, 7) is 2.55. The van der Waals surface area contributed by atoms with Crippen molar-refractivity contribution in [1.29, 1.82) is 0 Å². The standard InChI is InChI=1S/C12H15ClN4O2S/c1-9-7-15-17(8-9)6-5-16-20(18,19)12-10(13)3-2-4-11(12)14/h2-4,7-8,16H,5-6,14H2,1H3. The lowest BCUT2D eigenvalue weighted by atomic mass is 10.3. The van der Waals surface area contributed by atoms with Crippen molar-refractivity contribution in [3.8, 4) is 0 Å². The van der Waals surface area contributed by atoms with Gasteiger partial charge in [0.05, 0.1) is 23.5 Å². The molecule has 0 fully saturated rings. The molecule has 8 heteroatoms. The zero-order valence-electron chi connectivity index (χ0n) is 10.9. The molecule has 20 heavy (non-hydrogen) atoms. The predicted molar refractivity (Wildman–Crippen MR) is 78.0 cm³/mol. The molecular formula is C12H15ClN4O2S. The molecule has 0 bridgehead atoms. The fraction of sp³-hybridized carbons (Fsp3) is 0.250. The summed E-state index contributed by atoms with van der Waals surface area (Å²) in [7, 11) is -3.73. The van der Waals surface area contributed by atoms with Crippen LogP contribution in [0.3, 0.4) is 0 Å². The van der Waals surface area contributed by atoms with Crippen molar-refractivity contribution in [1.82, 2.24) is 14.5 Å². The van der Waals surface area contributed by atoms with E-state index in [0.717, 1.165) is 5.56 Å². The molecule has 1 aromatic carbocycles. The SMILES string of the molecule is Cc1cnn(CCNS(=O)(=O)c2c(N)cccc2Cl)c1. The maximum absolute atomic E-state index is 12.2. The third-order valence-electron chi connectivity index (χ3n) is 2.66. The summed E-state index contributed by atoms with van der Waals surface area (Å²) in [5.41, 5.74) is 6.81. The van der Waals surface area contributed by atoms with Crippen molar-refractivity contribution in [2.75, 3.05) is 12.3 Å². The van der Waals surface area contributed by atoms with E-state index in [1.165, 1.54) is 12.1 Å². The molecule has 0 spiro atoms. The Bertz CT molecular complexity index is 692. The van der Waals surface area contributed by atoms with Crippen LogP contribution < -0.4 is 10.5 Å². The first-order valence-electron chi connectivity index (χ1n) is 5.93. The van der Waals surface area contributed by atoms with Gasteiger partial charge >= 0.3 is 0 Å². The third kappa shape index (κ3) is 3.30. The summed E-state index contributed by atoms with van der Waals surface area (Å²) >= 11 is 5.90. The number of hydrogen-bond donors (Lipinski definition) is 2. The highest BCUT2D eigenvalue weighted by atomic mass is 35.5. The molecule has 0 atom stereocenters. The quantitative estimate of drug-likeness (QED) is 0.816. The number of nitrogens with zero attached hydrogens (tertiary/aromatic N) is 2. The molecule has 108 valence electrons. The second-order valence-electron chi connectivity index (χ2n) is 4.34. The Labute approximate surface area is 122 Å². The lowest BCUT2D eigenvalue weighted by molar-refractivity contribution is 0.561. The van der Waals surface area contributed by atoms with Crippen LogP contribution in [0.5, 0.6) is 0 Å². The molecule has 0 aliphatic rings. The predicted octanol–water partition coefficient (Wildman–Crippen LogP) is 1.41. The van der Waals surface area contributed by atoms with Crippen molar-refractivity contribution in [3.63, 3.8) is 0 Å². The molecule has 0 saturated heterocycles. The van der Waals surface area contributed by atoms with E-state index in [1.54, 1.807) is 16.9 Å². The number of benzene rings is 1. The van der Waals surface area contributed by atoms with Gasteiger partial charge in [0.2, 0.25) is 10.0 Å². The largest absolute Gasteiger partial charge is 0.398 e. The van der Waals surface area contributed by atoms with E-state index >= 15 is 0 Å². The second kappa shape index (κ2) is 5.82. The van der Waals surface area contributed by atoms with E-state index in [0.29, 0.717) is 6.54 Å². The molecular weight excluding hydrogens is 300 g/mol. The highest BCUT2D eigenvalue weighted by Crippen LogP contribution is 2.26. The van der Waals surface area contributed by atoms with Crippen molar-refractivity contribution in [3.05, 3.63) is 41.2 Å². The molecule has 0 unspecified atom stereocenters. The normalized spacial score (nSPS) is 11.7. The number of nitrogen functional groups attached to an aromatic ring is 1. The van der Waals surface area contributed by atoms with Crippen LogP contribution in [0, 0.1) is 6.92 Å². The number of aromatic nitrogens is 2. The third-order valence-corrected chi connectivity index (χ3v) is 4.67. The van der Waals surface area contributed by atoms with Crippen LogP contribution in [0.4, 0.5) is 5.69 Å². The summed E-state index contributed by atoms with van der Waals surface area (Å²) < 4.78 is 28.5. The second-order valence-corrected chi connectivity index (χ2v) is 6.45. The van der Waals surface area contributed by atoms with Gasteiger partial charge in [-0.05, 0) is 24.6 Å². The van der Waals surface area contributed by atoms with Gasteiger partial charge in [0.1, 0.15) is 4.90 Å². The fourth-order valence-corrected chi connectivity index (χ4v) is 3.46. The monoisotopic (exact) mass is 314 g/mol. The van der Waals surface area contributed by atoms with E-state index in [9.17, 15) is 8.42 Å². The van der Waals surface area contributed by atoms with Crippen molar-refractivity contribution >= 4 is 27.3 Å². The molecule has 0 aliphatic heterocycles. The summed E-state index contributed by atoms with van der Waals surface area (Å²) in [5.74, 6) is 0. The first-order chi connectivity index (χ1) is 9.40. The smallest absolute Gasteiger partial charge is 0.244 e. The Kier molecular flexibility index (Phi) is 4.32. The molecule has 0 saturated carbocycles. The van der Waals surface area contributed by atoms with Crippen LogP contribution >= 0.6 is 11.6 Å². The number of hydrogen-bond acceptors (Lipinski definition) is 4. The van der Waals surface area contributed by atoms with E-state index in [2.05, 4.69) is 9.82 Å². The molecule has 1 heterocycles. The number of sulfonamides is 1. The number of nitrogens with two attached hydrogens (primary N) is 1. The van der Waals surface area contributed by atoms with Gasteiger partial charge in [0.25, 0.3) is 0 Å². The number of aryl methyl sites for hydroxylation is 1. The Morgan fingerprint density at radius 2 is 2.20 bits per heavy atom. The van der Waals surface area contributed by atoms with Crippen molar-refractivity contribution < 1.29 is 8.42 Å². The summed E-state index contributed by atoms with van der Waals surface area (Å²) in [4.78, 5) is -0.0849. The Hall–Kier alpha value is -1.57. The average molecular weight is 315 g/mol. The fourth-order valence-electron chi connectivity index (χ4n) is 1.77. The minimum absolute atomic E-state index is 0.0849. The average Bonchev–Trinajstić information content (AvgIpc) is 2.74. The van der Waals surface area contributed by atoms with E-state index in [-0.39, 0.29) is 22.2 Å². The Balaban J connectivity index is 2.08. The van der Waals surface area contributed by atoms with Gasteiger partial charge < -0.3 is 5.73 Å². The van der Waals surface area contributed by atoms with Crippen molar-refractivity contribution in [2.45, 2.75) is 18.4 Å². The minimum Gasteiger partial charge on any atom is -0.398 e. The molecule has 0 aliphatic carbocycles. The minimum atomic E-state index is -3.73. The zero-order valence-corrected chi connectivity index (χ0v) is 12.4. The van der Waals surface area contributed by atoms with Gasteiger partial charge in [-0.2, -0.15) is 5.10 Å². The van der Waals surface area contributed by atoms with Crippen LogP contribution in [-0.4, -0.2) is 24.7 Å².